The summed E-state index contributed by atoms with van der Waals surface area (Å²) >= 11 is 5.65. The number of piperazine rings is 1. The second-order valence-electron chi connectivity index (χ2n) is 8.10. The van der Waals surface area contributed by atoms with Crippen LogP contribution in [0.25, 0.3) is 10.9 Å². The zero-order valence-electron chi connectivity index (χ0n) is 18.9. The predicted octanol–water partition coefficient (Wildman–Crippen LogP) is 5.05. The zero-order chi connectivity index (χ0) is 22.7. The standard InChI is InChI=1S/C25H30FN5S/c1-4-29-12-14-30(15-13-29)24-16-18(3)22-17-20(8-11-23(22)28-24)27-25(32)31(5-2)21-9-6-19(26)7-10-21/h6-11,16-17H,4-5,12-15H2,1-3H3,(H,27,32). The SMILES string of the molecule is CCN1CCN(c2cc(C)c3cc(NC(=S)N(CC)c4ccc(F)cc4)ccc3n2)CC1. The number of hydrogen-bond acceptors (Lipinski definition) is 4. The van der Waals surface area contributed by atoms with Crippen molar-refractivity contribution in [3.8, 4) is 0 Å². The Labute approximate surface area is 194 Å². The Morgan fingerprint density at radius 1 is 1.06 bits per heavy atom. The highest BCUT2D eigenvalue weighted by Crippen LogP contribution is 2.26. The van der Waals surface area contributed by atoms with Crippen LogP contribution in [0.15, 0.2) is 48.5 Å². The van der Waals surface area contributed by atoms with E-state index in [1.54, 1.807) is 12.1 Å². The van der Waals surface area contributed by atoms with Gasteiger partial charge >= 0.3 is 0 Å². The predicted molar refractivity (Wildman–Crippen MR) is 136 cm³/mol. The monoisotopic (exact) mass is 451 g/mol. The minimum absolute atomic E-state index is 0.257. The molecule has 0 saturated carbocycles. The third-order valence-electron chi connectivity index (χ3n) is 6.10. The lowest BCUT2D eigenvalue weighted by Crippen LogP contribution is -2.46. The molecule has 32 heavy (non-hydrogen) atoms. The lowest BCUT2D eigenvalue weighted by atomic mass is 10.1. The summed E-state index contributed by atoms with van der Waals surface area (Å²) in [6.07, 6.45) is 0. The van der Waals surface area contributed by atoms with Gasteiger partial charge in [0, 0.05) is 49.5 Å². The van der Waals surface area contributed by atoms with Crippen LogP contribution in [-0.4, -0.2) is 54.3 Å². The minimum atomic E-state index is -0.257. The number of halogens is 1. The molecule has 1 fully saturated rings. The van der Waals surface area contributed by atoms with E-state index in [0.29, 0.717) is 11.7 Å². The molecule has 1 saturated heterocycles. The van der Waals surface area contributed by atoms with Crippen molar-refractivity contribution in [3.63, 3.8) is 0 Å². The van der Waals surface area contributed by atoms with Gasteiger partial charge in [-0.2, -0.15) is 0 Å². The topological polar surface area (TPSA) is 34.6 Å². The molecule has 0 amide bonds. The summed E-state index contributed by atoms with van der Waals surface area (Å²) < 4.78 is 13.3. The van der Waals surface area contributed by atoms with Gasteiger partial charge in [-0.25, -0.2) is 9.37 Å². The lowest BCUT2D eigenvalue weighted by Gasteiger charge is -2.35. The fourth-order valence-corrected chi connectivity index (χ4v) is 4.52. The molecule has 0 spiro atoms. The molecule has 0 aliphatic carbocycles. The molecule has 1 aromatic heterocycles. The molecule has 3 aromatic rings. The van der Waals surface area contributed by atoms with Crippen LogP contribution in [0.3, 0.4) is 0 Å². The molecule has 5 nitrogen and oxygen atoms in total. The van der Waals surface area contributed by atoms with Crippen LogP contribution < -0.4 is 15.1 Å². The number of benzene rings is 2. The van der Waals surface area contributed by atoms with Gasteiger partial charge in [0.1, 0.15) is 11.6 Å². The number of hydrogen-bond donors (Lipinski definition) is 1. The molecule has 1 aliphatic heterocycles. The van der Waals surface area contributed by atoms with Crippen molar-refractivity contribution in [2.75, 3.05) is 54.4 Å². The molecule has 0 radical (unpaired) electrons. The Kier molecular flexibility index (Phi) is 6.86. The van der Waals surface area contributed by atoms with Crippen molar-refractivity contribution >= 4 is 45.4 Å². The molecule has 0 unspecified atom stereocenters. The van der Waals surface area contributed by atoms with Gasteiger partial charge < -0.3 is 20.0 Å². The molecular formula is C25H30FN5S. The molecule has 168 valence electrons. The first kappa shape index (κ1) is 22.4. The number of nitrogens with one attached hydrogen (secondary N) is 1. The van der Waals surface area contributed by atoms with Gasteiger partial charge in [0.05, 0.1) is 5.52 Å². The molecule has 2 aromatic carbocycles. The Hall–Kier alpha value is -2.77. The molecule has 1 aliphatic rings. The van der Waals surface area contributed by atoms with Crippen LogP contribution in [0.2, 0.25) is 0 Å². The molecule has 4 rings (SSSR count). The first-order valence-corrected chi connectivity index (χ1v) is 11.6. The van der Waals surface area contributed by atoms with Crippen molar-refractivity contribution < 1.29 is 4.39 Å². The van der Waals surface area contributed by atoms with Crippen LogP contribution in [0.4, 0.5) is 21.6 Å². The zero-order valence-corrected chi connectivity index (χ0v) is 19.8. The fourth-order valence-electron chi connectivity index (χ4n) is 4.16. The summed E-state index contributed by atoms with van der Waals surface area (Å²) in [6.45, 7) is 12.3. The smallest absolute Gasteiger partial charge is 0.177 e. The van der Waals surface area contributed by atoms with E-state index in [2.05, 4.69) is 41.1 Å². The van der Waals surface area contributed by atoms with Crippen LogP contribution in [0, 0.1) is 12.7 Å². The molecule has 0 bridgehead atoms. The first-order chi connectivity index (χ1) is 15.5. The fraction of sp³-hybridized carbons (Fsp3) is 0.360. The molecule has 7 heteroatoms. The average molecular weight is 452 g/mol. The minimum Gasteiger partial charge on any atom is -0.354 e. The third kappa shape index (κ3) is 4.84. The third-order valence-corrected chi connectivity index (χ3v) is 6.42. The number of likely N-dealkylation sites (N-methyl/N-ethyl adjacent to an activating group) is 1. The summed E-state index contributed by atoms with van der Waals surface area (Å²) in [7, 11) is 0. The Balaban J connectivity index is 1.52. The van der Waals surface area contributed by atoms with E-state index >= 15 is 0 Å². The number of anilines is 3. The largest absolute Gasteiger partial charge is 0.354 e. The highest BCUT2D eigenvalue weighted by Gasteiger charge is 2.18. The number of thiocarbonyl (C=S) groups is 1. The van der Waals surface area contributed by atoms with Crippen LogP contribution in [0.5, 0.6) is 0 Å². The number of fused-ring (bicyclic) bond motifs is 1. The number of rotatable bonds is 5. The molecule has 1 N–H and O–H groups in total. The highest BCUT2D eigenvalue weighted by atomic mass is 32.1. The quantitative estimate of drug-likeness (QED) is 0.547. The Morgan fingerprint density at radius 2 is 1.78 bits per heavy atom. The lowest BCUT2D eigenvalue weighted by molar-refractivity contribution is 0.270. The van der Waals surface area contributed by atoms with Crippen molar-refractivity contribution in [2.24, 2.45) is 0 Å². The molecule has 0 atom stereocenters. The maximum absolute atomic E-state index is 13.3. The van der Waals surface area contributed by atoms with Gasteiger partial charge in [0.2, 0.25) is 0 Å². The summed E-state index contributed by atoms with van der Waals surface area (Å²) in [5, 5.41) is 5.02. The highest BCUT2D eigenvalue weighted by molar-refractivity contribution is 7.80. The summed E-state index contributed by atoms with van der Waals surface area (Å²) in [5.41, 5.74) is 3.96. The van der Waals surface area contributed by atoms with Crippen LogP contribution in [-0.2, 0) is 0 Å². The number of aryl methyl sites for hydroxylation is 1. The molecule has 2 heterocycles. The van der Waals surface area contributed by atoms with E-state index in [1.165, 1.54) is 17.7 Å². The first-order valence-electron chi connectivity index (χ1n) is 11.2. The second-order valence-corrected chi connectivity index (χ2v) is 8.49. The van der Waals surface area contributed by atoms with Crippen LogP contribution in [0.1, 0.15) is 19.4 Å². The number of aromatic nitrogens is 1. The van der Waals surface area contributed by atoms with Gasteiger partial charge in [0.15, 0.2) is 5.11 Å². The van der Waals surface area contributed by atoms with Gasteiger partial charge in [-0.3, -0.25) is 0 Å². The van der Waals surface area contributed by atoms with E-state index in [1.807, 2.05) is 24.0 Å². The van der Waals surface area contributed by atoms with E-state index in [9.17, 15) is 4.39 Å². The van der Waals surface area contributed by atoms with Gasteiger partial charge in [0.25, 0.3) is 0 Å². The number of nitrogens with zero attached hydrogens (tertiary/aromatic N) is 4. The van der Waals surface area contributed by atoms with E-state index < -0.39 is 0 Å². The van der Waals surface area contributed by atoms with Gasteiger partial charge in [-0.1, -0.05) is 6.92 Å². The summed E-state index contributed by atoms with van der Waals surface area (Å²) in [5.74, 6) is 0.795. The van der Waals surface area contributed by atoms with Crippen LogP contribution >= 0.6 is 12.2 Å². The maximum Gasteiger partial charge on any atom is 0.177 e. The van der Waals surface area contributed by atoms with Gasteiger partial charge in [-0.15, -0.1) is 0 Å². The maximum atomic E-state index is 13.3. The summed E-state index contributed by atoms with van der Waals surface area (Å²) in [6, 6.07) is 14.7. The van der Waals surface area contributed by atoms with Crippen molar-refractivity contribution in [2.45, 2.75) is 20.8 Å². The van der Waals surface area contributed by atoms with E-state index in [-0.39, 0.29) is 5.82 Å². The average Bonchev–Trinajstić information content (AvgIpc) is 2.81. The van der Waals surface area contributed by atoms with Crippen molar-refractivity contribution in [1.82, 2.24) is 9.88 Å². The Bertz CT molecular complexity index is 1090. The molecular weight excluding hydrogens is 421 g/mol. The van der Waals surface area contributed by atoms with Gasteiger partial charge in [-0.05, 0) is 86.7 Å². The second kappa shape index (κ2) is 9.79. The van der Waals surface area contributed by atoms with E-state index in [4.69, 9.17) is 17.2 Å². The van der Waals surface area contributed by atoms with Crippen molar-refractivity contribution in [1.29, 1.82) is 0 Å². The summed E-state index contributed by atoms with van der Waals surface area (Å²) in [4.78, 5) is 11.7. The van der Waals surface area contributed by atoms with Crippen molar-refractivity contribution in [3.05, 3.63) is 59.9 Å². The Morgan fingerprint density at radius 3 is 2.44 bits per heavy atom. The normalized spacial score (nSPS) is 14.6. The number of pyridine rings is 1. The van der Waals surface area contributed by atoms with E-state index in [0.717, 1.165) is 60.8 Å².